The first-order valence-corrected chi connectivity index (χ1v) is 7.00. The van der Waals surface area contributed by atoms with Crippen molar-refractivity contribution >= 4 is 40.0 Å². The average Bonchev–Trinajstić information content (AvgIpc) is 2.71. The summed E-state index contributed by atoms with van der Waals surface area (Å²) >= 11 is 3.19. The third kappa shape index (κ3) is 2.25. The van der Waals surface area contributed by atoms with Gasteiger partial charge in [-0.15, -0.1) is 0 Å². The predicted molar refractivity (Wildman–Crippen MR) is 69.3 cm³/mol. The molecule has 16 heavy (non-hydrogen) atoms. The largest absolute Gasteiger partial charge is 0.382 e. The van der Waals surface area contributed by atoms with Crippen molar-refractivity contribution < 1.29 is 4.79 Å². The van der Waals surface area contributed by atoms with E-state index in [0.717, 1.165) is 24.6 Å². The molecular weight excluding hydrogens is 244 g/mol. The van der Waals surface area contributed by atoms with E-state index >= 15 is 0 Å². The number of thioether (sulfide) groups is 1. The maximum absolute atomic E-state index is 12.1. The van der Waals surface area contributed by atoms with E-state index in [1.54, 1.807) is 7.05 Å². The summed E-state index contributed by atoms with van der Waals surface area (Å²) < 4.78 is 0. The zero-order valence-corrected chi connectivity index (χ0v) is 10.7. The van der Waals surface area contributed by atoms with Gasteiger partial charge in [0.1, 0.15) is 10.7 Å². The Kier molecular flexibility index (Phi) is 3.55. The number of nitrogen functional groups attached to an aromatic ring is 1. The molecule has 1 fully saturated rings. The molecule has 2 rings (SSSR count). The van der Waals surface area contributed by atoms with Crippen molar-refractivity contribution in [1.29, 1.82) is 0 Å². The lowest BCUT2D eigenvalue weighted by atomic mass is 10.4. The topological polar surface area (TPSA) is 71.2 Å². The van der Waals surface area contributed by atoms with Crippen LogP contribution in [0.1, 0.15) is 9.67 Å². The number of nitrogens with two attached hydrogens (primary N) is 1. The molecule has 1 aromatic heterocycles. The number of rotatable bonds is 2. The van der Waals surface area contributed by atoms with Crippen LogP contribution in [0.2, 0.25) is 0 Å². The lowest BCUT2D eigenvalue weighted by Crippen LogP contribution is -2.37. The molecule has 7 heteroatoms. The summed E-state index contributed by atoms with van der Waals surface area (Å²) in [5.74, 6) is 2.35. The van der Waals surface area contributed by atoms with Crippen LogP contribution in [0.4, 0.5) is 10.9 Å². The van der Waals surface area contributed by atoms with E-state index in [4.69, 9.17) is 5.73 Å². The summed E-state index contributed by atoms with van der Waals surface area (Å²) in [6, 6.07) is 0. The van der Waals surface area contributed by atoms with Gasteiger partial charge >= 0.3 is 0 Å². The molecule has 0 saturated carbocycles. The lowest BCUT2D eigenvalue weighted by Gasteiger charge is -2.25. The highest BCUT2D eigenvalue weighted by Gasteiger charge is 2.23. The van der Waals surface area contributed by atoms with Gasteiger partial charge in [0.2, 0.25) is 0 Å². The molecule has 2 heterocycles. The van der Waals surface area contributed by atoms with E-state index < -0.39 is 0 Å². The molecule has 0 unspecified atom stereocenters. The molecule has 1 aromatic rings. The maximum atomic E-state index is 12.1. The van der Waals surface area contributed by atoms with E-state index in [-0.39, 0.29) is 5.91 Å². The Balaban J connectivity index is 2.15. The highest BCUT2D eigenvalue weighted by atomic mass is 32.2. The number of nitrogens with zero attached hydrogens (tertiary/aromatic N) is 2. The smallest absolute Gasteiger partial charge is 0.267 e. The molecule has 1 amide bonds. The second-order valence-corrected chi connectivity index (χ2v) is 5.61. The van der Waals surface area contributed by atoms with Gasteiger partial charge in [-0.05, 0) is 0 Å². The minimum Gasteiger partial charge on any atom is -0.382 e. The Morgan fingerprint density at radius 2 is 2.19 bits per heavy atom. The molecule has 5 nitrogen and oxygen atoms in total. The molecule has 0 atom stereocenters. The molecule has 88 valence electrons. The molecule has 1 saturated heterocycles. The summed E-state index contributed by atoms with van der Waals surface area (Å²) in [6.07, 6.45) is 0. The van der Waals surface area contributed by atoms with E-state index in [1.165, 1.54) is 11.3 Å². The number of amides is 1. The Morgan fingerprint density at radius 1 is 1.50 bits per heavy atom. The Hall–Kier alpha value is -0.950. The monoisotopic (exact) mass is 258 g/mol. The first-order chi connectivity index (χ1) is 7.72. The molecule has 3 N–H and O–H groups in total. The van der Waals surface area contributed by atoms with Crippen LogP contribution < -0.4 is 11.1 Å². The van der Waals surface area contributed by atoms with Crippen LogP contribution in [0.5, 0.6) is 0 Å². The van der Waals surface area contributed by atoms with Crippen molar-refractivity contribution in [1.82, 2.24) is 9.88 Å². The zero-order valence-electron chi connectivity index (χ0n) is 9.02. The molecule has 0 aromatic carbocycles. The molecule has 0 aliphatic carbocycles. The standard InChI is InChI=1S/C9H14N4OS2/c1-11-9-12-7(10)6(16-9)8(14)13-2-4-15-5-3-13/h2-5,10H2,1H3,(H,11,12). The summed E-state index contributed by atoms with van der Waals surface area (Å²) in [7, 11) is 1.77. The number of aromatic nitrogens is 1. The van der Waals surface area contributed by atoms with Crippen molar-refractivity contribution in [3.8, 4) is 0 Å². The molecule has 1 aliphatic rings. The number of nitrogens with one attached hydrogen (secondary N) is 1. The van der Waals surface area contributed by atoms with Gasteiger partial charge in [-0.2, -0.15) is 11.8 Å². The first-order valence-electron chi connectivity index (χ1n) is 5.03. The first kappa shape index (κ1) is 11.5. The van der Waals surface area contributed by atoms with Crippen LogP contribution in [-0.2, 0) is 0 Å². The molecular formula is C9H14N4OS2. The Morgan fingerprint density at radius 3 is 2.75 bits per heavy atom. The number of carbonyl (C=O) groups excluding carboxylic acids is 1. The summed E-state index contributed by atoms with van der Waals surface area (Å²) in [6.45, 7) is 1.60. The average molecular weight is 258 g/mol. The zero-order chi connectivity index (χ0) is 11.5. The fraction of sp³-hybridized carbons (Fsp3) is 0.556. The Labute approximate surface area is 102 Å². The third-order valence-electron chi connectivity index (χ3n) is 2.36. The van der Waals surface area contributed by atoms with Crippen molar-refractivity contribution in [2.75, 3.05) is 42.7 Å². The van der Waals surface area contributed by atoms with E-state index in [2.05, 4.69) is 10.3 Å². The second kappa shape index (κ2) is 4.92. The van der Waals surface area contributed by atoms with Crippen molar-refractivity contribution in [2.45, 2.75) is 0 Å². The fourth-order valence-electron chi connectivity index (χ4n) is 1.50. The lowest BCUT2D eigenvalue weighted by molar-refractivity contribution is 0.0778. The van der Waals surface area contributed by atoms with Gasteiger partial charge in [-0.25, -0.2) is 4.98 Å². The number of anilines is 2. The highest BCUT2D eigenvalue weighted by molar-refractivity contribution is 7.99. The third-order valence-corrected chi connectivity index (χ3v) is 4.38. The summed E-state index contributed by atoms with van der Waals surface area (Å²) in [5.41, 5.74) is 5.73. The summed E-state index contributed by atoms with van der Waals surface area (Å²) in [4.78, 5) is 18.6. The van der Waals surface area contributed by atoms with Gasteiger partial charge in [0, 0.05) is 31.6 Å². The van der Waals surface area contributed by atoms with E-state index in [0.29, 0.717) is 15.8 Å². The summed E-state index contributed by atoms with van der Waals surface area (Å²) in [5, 5.41) is 3.59. The van der Waals surface area contributed by atoms with Gasteiger partial charge in [0.15, 0.2) is 5.13 Å². The SMILES string of the molecule is CNc1nc(N)c(C(=O)N2CCSCC2)s1. The number of thiazole rings is 1. The van der Waals surface area contributed by atoms with Gasteiger partial charge in [-0.1, -0.05) is 11.3 Å². The van der Waals surface area contributed by atoms with Gasteiger partial charge < -0.3 is 16.0 Å². The van der Waals surface area contributed by atoms with Crippen LogP contribution in [0.3, 0.4) is 0 Å². The number of carbonyl (C=O) groups is 1. The van der Waals surface area contributed by atoms with Crippen molar-refractivity contribution in [3.63, 3.8) is 0 Å². The minimum atomic E-state index is 0.0109. The van der Waals surface area contributed by atoms with Crippen LogP contribution in [0.25, 0.3) is 0 Å². The van der Waals surface area contributed by atoms with Gasteiger partial charge in [-0.3, -0.25) is 4.79 Å². The van der Waals surface area contributed by atoms with Crippen LogP contribution >= 0.6 is 23.1 Å². The second-order valence-electron chi connectivity index (χ2n) is 3.39. The maximum Gasteiger partial charge on any atom is 0.267 e. The molecule has 0 bridgehead atoms. The molecule has 1 aliphatic heterocycles. The van der Waals surface area contributed by atoms with Crippen molar-refractivity contribution in [3.05, 3.63) is 4.88 Å². The van der Waals surface area contributed by atoms with Crippen LogP contribution in [0.15, 0.2) is 0 Å². The van der Waals surface area contributed by atoms with Gasteiger partial charge in [0.25, 0.3) is 5.91 Å². The molecule has 0 spiro atoms. The van der Waals surface area contributed by atoms with Crippen molar-refractivity contribution in [2.24, 2.45) is 0 Å². The predicted octanol–water partition coefficient (Wildman–Crippen LogP) is 0.956. The highest BCUT2D eigenvalue weighted by Crippen LogP contribution is 2.26. The number of hydrogen-bond acceptors (Lipinski definition) is 6. The minimum absolute atomic E-state index is 0.0109. The normalized spacial score (nSPS) is 16.2. The van der Waals surface area contributed by atoms with E-state index in [1.807, 2.05) is 16.7 Å². The fourth-order valence-corrected chi connectivity index (χ4v) is 3.21. The van der Waals surface area contributed by atoms with Crippen LogP contribution in [0, 0.1) is 0 Å². The van der Waals surface area contributed by atoms with E-state index in [9.17, 15) is 4.79 Å². The molecule has 0 radical (unpaired) electrons. The quantitative estimate of drug-likeness (QED) is 0.826. The number of hydrogen-bond donors (Lipinski definition) is 2. The van der Waals surface area contributed by atoms with Crippen LogP contribution in [-0.4, -0.2) is 47.4 Å². The van der Waals surface area contributed by atoms with Gasteiger partial charge in [0.05, 0.1) is 0 Å². The Bertz CT molecular complexity index is 387.